The first kappa shape index (κ1) is 16.1. The minimum atomic E-state index is -0.732. The molecule has 0 aliphatic heterocycles. The summed E-state index contributed by atoms with van der Waals surface area (Å²) in [7, 11) is 1.25. The first-order valence-corrected chi connectivity index (χ1v) is 5.26. The van der Waals surface area contributed by atoms with Gasteiger partial charge in [-0.25, -0.2) is 4.39 Å². The largest absolute Gasteiger partial charge is 0.506 e. The van der Waals surface area contributed by atoms with Crippen LogP contribution in [-0.2, 0) is 9.53 Å². The summed E-state index contributed by atoms with van der Waals surface area (Å²) >= 11 is 2.88. The second kappa shape index (κ2) is 6.78. The Morgan fingerprint density at radius 2 is 2.24 bits per heavy atom. The SMILES string of the molecule is COC(=O)C[C@H](N)c1ccc(F)c(Br)c1O.Cl. The van der Waals surface area contributed by atoms with E-state index in [9.17, 15) is 14.3 Å². The Labute approximate surface area is 112 Å². The van der Waals surface area contributed by atoms with Crippen LogP contribution in [0.1, 0.15) is 18.0 Å². The zero-order valence-corrected chi connectivity index (χ0v) is 11.3. The fraction of sp³-hybridized carbons (Fsp3) is 0.300. The Kier molecular flexibility index (Phi) is 6.44. The van der Waals surface area contributed by atoms with Crippen LogP contribution in [0.25, 0.3) is 0 Å². The standard InChI is InChI=1S/C10H11BrFNO3.ClH/c1-16-8(14)4-7(13)5-2-3-6(12)9(11)10(5)15;/h2-3,7,15H,4,13H2,1H3;1H/t7-;/m0./s1. The lowest BCUT2D eigenvalue weighted by atomic mass is 10.0. The van der Waals surface area contributed by atoms with Crippen molar-refractivity contribution in [3.05, 3.63) is 28.0 Å². The van der Waals surface area contributed by atoms with Gasteiger partial charge in [0.1, 0.15) is 11.6 Å². The van der Waals surface area contributed by atoms with E-state index in [-0.39, 0.29) is 29.1 Å². The van der Waals surface area contributed by atoms with Crippen molar-refractivity contribution in [2.24, 2.45) is 5.73 Å². The van der Waals surface area contributed by atoms with Gasteiger partial charge in [0.05, 0.1) is 18.0 Å². The molecule has 1 rings (SSSR count). The van der Waals surface area contributed by atoms with Gasteiger partial charge in [-0.3, -0.25) is 4.79 Å². The van der Waals surface area contributed by atoms with Crippen LogP contribution in [-0.4, -0.2) is 18.2 Å². The van der Waals surface area contributed by atoms with Crippen molar-refractivity contribution in [1.82, 2.24) is 0 Å². The second-order valence-electron chi connectivity index (χ2n) is 3.19. The van der Waals surface area contributed by atoms with Crippen LogP contribution in [0, 0.1) is 5.82 Å². The lowest BCUT2D eigenvalue weighted by Gasteiger charge is -2.13. The van der Waals surface area contributed by atoms with E-state index in [2.05, 4.69) is 20.7 Å². The highest BCUT2D eigenvalue weighted by atomic mass is 79.9. The zero-order chi connectivity index (χ0) is 12.3. The zero-order valence-electron chi connectivity index (χ0n) is 8.94. The highest BCUT2D eigenvalue weighted by Crippen LogP contribution is 2.34. The van der Waals surface area contributed by atoms with Gasteiger partial charge in [0, 0.05) is 11.6 Å². The summed E-state index contributed by atoms with van der Waals surface area (Å²) < 4.78 is 17.4. The lowest BCUT2D eigenvalue weighted by Crippen LogP contribution is -2.16. The summed E-state index contributed by atoms with van der Waals surface area (Å²) in [5.74, 6) is -1.38. The molecule has 0 aromatic heterocycles. The van der Waals surface area contributed by atoms with Crippen molar-refractivity contribution in [2.75, 3.05) is 7.11 Å². The quantitative estimate of drug-likeness (QED) is 0.835. The number of hydrogen-bond donors (Lipinski definition) is 2. The van der Waals surface area contributed by atoms with E-state index in [0.717, 1.165) is 6.07 Å². The molecule has 7 heteroatoms. The highest BCUT2D eigenvalue weighted by Gasteiger charge is 2.18. The summed E-state index contributed by atoms with van der Waals surface area (Å²) in [5.41, 5.74) is 5.98. The fourth-order valence-electron chi connectivity index (χ4n) is 1.23. The molecule has 0 spiro atoms. The Bertz CT molecular complexity index is 417. The molecule has 0 saturated heterocycles. The van der Waals surface area contributed by atoms with Crippen molar-refractivity contribution < 1.29 is 19.0 Å². The van der Waals surface area contributed by atoms with E-state index >= 15 is 0 Å². The number of esters is 1. The molecule has 0 unspecified atom stereocenters. The van der Waals surface area contributed by atoms with Gasteiger partial charge >= 0.3 is 5.97 Å². The first-order chi connectivity index (χ1) is 7.47. The average Bonchev–Trinajstić information content (AvgIpc) is 2.25. The molecule has 0 amide bonds. The van der Waals surface area contributed by atoms with Crippen LogP contribution in [0.2, 0.25) is 0 Å². The molecule has 0 fully saturated rings. The van der Waals surface area contributed by atoms with Gasteiger partial charge in [-0.1, -0.05) is 6.07 Å². The Hall–Kier alpha value is -0.850. The van der Waals surface area contributed by atoms with E-state index in [0.29, 0.717) is 5.56 Å². The summed E-state index contributed by atoms with van der Waals surface area (Å²) in [5, 5.41) is 9.62. The Morgan fingerprint density at radius 1 is 1.65 bits per heavy atom. The molecular weight excluding hydrogens is 316 g/mol. The molecule has 1 aromatic rings. The van der Waals surface area contributed by atoms with Crippen molar-refractivity contribution in [3.8, 4) is 5.75 Å². The van der Waals surface area contributed by atoms with E-state index in [1.807, 2.05) is 0 Å². The number of rotatable bonds is 3. The number of hydrogen-bond acceptors (Lipinski definition) is 4. The Balaban J connectivity index is 0.00000256. The van der Waals surface area contributed by atoms with Crippen molar-refractivity contribution in [2.45, 2.75) is 12.5 Å². The van der Waals surface area contributed by atoms with Gasteiger partial charge in [-0.05, 0) is 22.0 Å². The minimum Gasteiger partial charge on any atom is -0.506 e. The van der Waals surface area contributed by atoms with E-state index in [1.165, 1.54) is 13.2 Å². The topological polar surface area (TPSA) is 72.5 Å². The third-order valence-corrected chi connectivity index (χ3v) is 2.87. The molecule has 0 bridgehead atoms. The number of carbonyl (C=O) groups excluding carboxylic acids is 1. The number of nitrogens with two attached hydrogens (primary N) is 1. The summed E-state index contributed by atoms with van der Waals surface area (Å²) in [6.07, 6.45) is -0.0812. The maximum absolute atomic E-state index is 13.0. The maximum Gasteiger partial charge on any atom is 0.307 e. The van der Waals surface area contributed by atoms with Gasteiger partial charge in [-0.2, -0.15) is 0 Å². The summed E-state index contributed by atoms with van der Waals surface area (Å²) in [6.45, 7) is 0. The summed E-state index contributed by atoms with van der Waals surface area (Å²) in [6, 6.07) is 1.77. The smallest absolute Gasteiger partial charge is 0.307 e. The van der Waals surface area contributed by atoms with Crippen molar-refractivity contribution in [3.63, 3.8) is 0 Å². The molecule has 3 N–H and O–H groups in total. The molecule has 1 atom stereocenters. The second-order valence-corrected chi connectivity index (χ2v) is 3.98. The first-order valence-electron chi connectivity index (χ1n) is 4.46. The summed E-state index contributed by atoms with van der Waals surface area (Å²) in [4.78, 5) is 11.0. The van der Waals surface area contributed by atoms with Gasteiger partial charge in [-0.15, -0.1) is 12.4 Å². The van der Waals surface area contributed by atoms with Crippen LogP contribution in [0.4, 0.5) is 4.39 Å². The molecule has 17 heavy (non-hydrogen) atoms. The van der Waals surface area contributed by atoms with E-state index in [1.54, 1.807) is 0 Å². The molecule has 0 aliphatic carbocycles. The monoisotopic (exact) mass is 327 g/mol. The normalized spacial score (nSPS) is 11.5. The van der Waals surface area contributed by atoms with E-state index < -0.39 is 17.8 Å². The molecule has 0 heterocycles. The van der Waals surface area contributed by atoms with Crippen LogP contribution >= 0.6 is 28.3 Å². The lowest BCUT2D eigenvalue weighted by molar-refractivity contribution is -0.141. The van der Waals surface area contributed by atoms with Gasteiger partial charge in [0.25, 0.3) is 0 Å². The number of aromatic hydroxyl groups is 1. The van der Waals surface area contributed by atoms with Gasteiger partial charge in [0.15, 0.2) is 0 Å². The number of halogens is 3. The number of phenolic OH excluding ortho intramolecular Hbond substituents is 1. The number of methoxy groups -OCH3 is 1. The van der Waals surface area contributed by atoms with Crippen LogP contribution in [0.5, 0.6) is 5.75 Å². The van der Waals surface area contributed by atoms with Crippen LogP contribution < -0.4 is 5.73 Å². The third-order valence-electron chi connectivity index (χ3n) is 2.11. The highest BCUT2D eigenvalue weighted by molar-refractivity contribution is 9.10. The molecular formula is C10H12BrClFNO3. The number of phenols is 1. The number of carbonyl (C=O) groups is 1. The van der Waals surface area contributed by atoms with Gasteiger partial charge in [0.2, 0.25) is 0 Å². The molecule has 0 saturated carbocycles. The van der Waals surface area contributed by atoms with Crippen molar-refractivity contribution in [1.29, 1.82) is 0 Å². The fourth-order valence-corrected chi connectivity index (χ4v) is 1.59. The molecule has 4 nitrogen and oxygen atoms in total. The third kappa shape index (κ3) is 3.83. The predicted molar refractivity (Wildman–Crippen MR) is 66.6 cm³/mol. The van der Waals surface area contributed by atoms with Crippen molar-refractivity contribution >= 4 is 34.3 Å². The minimum absolute atomic E-state index is 0. The molecule has 1 aromatic carbocycles. The molecule has 0 aliphatic rings. The maximum atomic E-state index is 13.0. The Morgan fingerprint density at radius 3 is 2.76 bits per heavy atom. The van der Waals surface area contributed by atoms with Crippen LogP contribution in [0.15, 0.2) is 16.6 Å². The average molecular weight is 329 g/mol. The molecule has 0 radical (unpaired) electrons. The van der Waals surface area contributed by atoms with E-state index in [4.69, 9.17) is 5.73 Å². The number of benzene rings is 1. The van der Waals surface area contributed by atoms with Gasteiger partial charge < -0.3 is 15.6 Å². The molecule has 96 valence electrons. The predicted octanol–water partition coefficient (Wildman–Crippen LogP) is 2.28. The van der Waals surface area contributed by atoms with Crippen LogP contribution in [0.3, 0.4) is 0 Å². The number of ether oxygens (including phenoxy) is 1.